The molecule has 1 aromatic rings. The molecule has 0 atom stereocenters. The van der Waals surface area contributed by atoms with Crippen molar-refractivity contribution in [2.24, 2.45) is 5.84 Å². The summed E-state index contributed by atoms with van der Waals surface area (Å²) in [5.41, 5.74) is 2.02. The summed E-state index contributed by atoms with van der Waals surface area (Å²) in [5.74, 6) is 5.19. The molecule has 4 N–H and O–H groups in total. The second-order valence-electron chi connectivity index (χ2n) is 4.18. The van der Waals surface area contributed by atoms with Gasteiger partial charge in [0.2, 0.25) is 10.0 Å². The molecule has 0 amide bonds. The van der Waals surface area contributed by atoms with Crippen molar-refractivity contribution in [1.82, 2.24) is 4.72 Å². The molecule has 0 spiro atoms. The summed E-state index contributed by atoms with van der Waals surface area (Å²) < 4.78 is 31.5. The van der Waals surface area contributed by atoms with Crippen molar-refractivity contribution < 1.29 is 18.1 Å². The summed E-state index contributed by atoms with van der Waals surface area (Å²) in [6.45, 7) is 0.692. The Labute approximate surface area is 122 Å². The van der Waals surface area contributed by atoms with Crippen LogP contribution >= 0.6 is 0 Å². The van der Waals surface area contributed by atoms with Crippen molar-refractivity contribution in [3.05, 3.63) is 28.3 Å². The lowest BCUT2D eigenvalue weighted by Crippen LogP contribution is -2.26. The van der Waals surface area contributed by atoms with E-state index in [2.05, 4.69) is 10.1 Å². The average molecular weight is 318 g/mol. The molecule has 0 bridgehead atoms. The van der Waals surface area contributed by atoms with Crippen LogP contribution in [0.2, 0.25) is 0 Å². The molecule has 0 aliphatic heterocycles. The maximum atomic E-state index is 12.1. The third-order valence-corrected chi connectivity index (χ3v) is 4.17. The number of nitrogens with zero attached hydrogens (tertiary/aromatic N) is 1. The molecule has 0 radical (unpaired) electrons. The first-order valence-electron chi connectivity index (χ1n) is 6.16. The van der Waals surface area contributed by atoms with E-state index in [1.54, 1.807) is 7.11 Å². The van der Waals surface area contributed by atoms with Gasteiger partial charge < -0.3 is 10.2 Å². The van der Waals surface area contributed by atoms with Gasteiger partial charge in [-0.05, 0) is 25.0 Å². The van der Waals surface area contributed by atoms with Crippen LogP contribution in [-0.2, 0) is 14.8 Å². The van der Waals surface area contributed by atoms with Crippen LogP contribution in [-0.4, -0.2) is 33.6 Å². The molecule has 0 fully saturated rings. The number of nitrogen functional groups attached to an aromatic ring is 1. The predicted molar refractivity (Wildman–Crippen MR) is 77.2 cm³/mol. The normalized spacial score (nSPS) is 11.3. The van der Waals surface area contributed by atoms with E-state index < -0.39 is 25.5 Å². The molecule has 0 aromatic heterocycles. The zero-order valence-corrected chi connectivity index (χ0v) is 12.4. The van der Waals surface area contributed by atoms with Gasteiger partial charge in [-0.25, -0.2) is 13.1 Å². The van der Waals surface area contributed by atoms with E-state index in [1.165, 1.54) is 6.07 Å². The number of unbranched alkanes of at least 4 members (excludes halogenated alkanes) is 1. The molecule has 1 aromatic carbocycles. The van der Waals surface area contributed by atoms with E-state index >= 15 is 0 Å². The van der Waals surface area contributed by atoms with Crippen molar-refractivity contribution in [1.29, 1.82) is 0 Å². The zero-order chi connectivity index (χ0) is 15.9. The Morgan fingerprint density at radius 1 is 1.38 bits per heavy atom. The summed E-state index contributed by atoms with van der Waals surface area (Å²) in [7, 11) is -2.43. The van der Waals surface area contributed by atoms with Gasteiger partial charge in [0.1, 0.15) is 0 Å². The first-order valence-corrected chi connectivity index (χ1v) is 7.64. The zero-order valence-electron chi connectivity index (χ0n) is 11.5. The van der Waals surface area contributed by atoms with Gasteiger partial charge in [-0.1, -0.05) is 0 Å². The fraction of sp³-hybridized carbons (Fsp3) is 0.455. The topological polar surface area (TPSA) is 137 Å². The maximum Gasteiger partial charge on any atom is 0.289 e. The minimum atomic E-state index is -3.98. The maximum absolute atomic E-state index is 12.1. The molecule has 118 valence electrons. The number of methoxy groups -OCH3 is 1. The number of nitro groups is 1. The minimum Gasteiger partial charge on any atom is -0.385 e. The highest BCUT2D eigenvalue weighted by atomic mass is 32.2. The summed E-state index contributed by atoms with van der Waals surface area (Å²) >= 11 is 0. The van der Waals surface area contributed by atoms with Crippen LogP contribution in [0.25, 0.3) is 0 Å². The number of ether oxygens (including phenoxy) is 1. The fourth-order valence-electron chi connectivity index (χ4n) is 1.63. The number of sulfonamides is 1. The summed E-state index contributed by atoms with van der Waals surface area (Å²) in [6.07, 6.45) is 1.25. The molecule has 21 heavy (non-hydrogen) atoms. The van der Waals surface area contributed by atoms with E-state index in [9.17, 15) is 18.5 Å². The number of hydrogen-bond donors (Lipinski definition) is 3. The van der Waals surface area contributed by atoms with Crippen molar-refractivity contribution >= 4 is 21.4 Å². The van der Waals surface area contributed by atoms with E-state index in [1.807, 2.05) is 0 Å². The number of anilines is 1. The molecule has 1 rings (SSSR count). The Hall–Kier alpha value is -1.75. The molecule has 0 saturated carbocycles. The number of nitrogens with two attached hydrogens (primary N) is 1. The summed E-state index contributed by atoms with van der Waals surface area (Å²) in [6, 6.07) is 3.54. The lowest BCUT2D eigenvalue weighted by atomic mass is 10.3. The van der Waals surface area contributed by atoms with Gasteiger partial charge >= 0.3 is 0 Å². The Balaban J connectivity index is 2.92. The van der Waals surface area contributed by atoms with E-state index in [0.29, 0.717) is 19.4 Å². The van der Waals surface area contributed by atoms with Gasteiger partial charge in [0.05, 0.1) is 10.6 Å². The molecule has 0 saturated heterocycles. The molecule has 0 aliphatic carbocycles. The van der Waals surface area contributed by atoms with Gasteiger partial charge in [0.15, 0.2) is 4.90 Å². The molecule has 0 unspecified atom stereocenters. The smallest absolute Gasteiger partial charge is 0.289 e. The molecular formula is C11H18N4O5S. The van der Waals surface area contributed by atoms with Crippen molar-refractivity contribution in [2.45, 2.75) is 17.7 Å². The lowest BCUT2D eigenvalue weighted by Gasteiger charge is -2.09. The number of benzene rings is 1. The lowest BCUT2D eigenvalue weighted by molar-refractivity contribution is -0.387. The van der Waals surface area contributed by atoms with Gasteiger partial charge in [0, 0.05) is 26.3 Å². The number of hydrogen-bond acceptors (Lipinski definition) is 7. The summed E-state index contributed by atoms with van der Waals surface area (Å²) in [5, 5.41) is 10.9. The SMILES string of the molecule is COCCCCNS(=O)(=O)c1cc(NN)ccc1[N+](=O)[O-]. The van der Waals surface area contributed by atoms with E-state index in [4.69, 9.17) is 10.6 Å². The first-order chi connectivity index (χ1) is 9.92. The fourth-order valence-corrected chi connectivity index (χ4v) is 2.89. The van der Waals surface area contributed by atoms with Crippen molar-refractivity contribution in [2.75, 3.05) is 25.7 Å². The number of hydrazine groups is 1. The average Bonchev–Trinajstić information content (AvgIpc) is 2.46. The van der Waals surface area contributed by atoms with Gasteiger partial charge in [-0.3, -0.25) is 16.0 Å². The van der Waals surface area contributed by atoms with Crippen LogP contribution in [0.4, 0.5) is 11.4 Å². The number of nitro benzene ring substituents is 1. The quantitative estimate of drug-likeness (QED) is 0.262. The van der Waals surface area contributed by atoms with Crippen molar-refractivity contribution in [3.8, 4) is 0 Å². The van der Waals surface area contributed by atoms with E-state index in [0.717, 1.165) is 12.1 Å². The standard InChI is InChI=1S/C11H18N4O5S/c1-20-7-3-2-6-13-21(18,19)11-8-9(14-12)4-5-10(11)15(16)17/h4-5,8,13-14H,2-3,6-7,12H2,1H3. The Bertz CT molecular complexity index is 590. The monoisotopic (exact) mass is 318 g/mol. The summed E-state index contributed by atoms with van der Waals surface area (Å²) in [4.78, 5) is 9.76. The third kappa shape index (κ3) is 4.93. The predicted octanol–water partition coefficient (Wildman–Crippen LogP) is 0.585. The van der Waals surface area contributed by atoms with Crippen LogP contribution in [0.1, 0.15) is 12.8 Å². The van der Waals surface area contributed by atoms with Crippen LogP contribution in [0.3, 0.4) is 0 Å². The third-order valence-electron chi connectivity index (χ3n) is 2.68. The van der Waals surface area contributed by atoms with Crippen LogP contribution in [0.5, 0.6) is 0 Å². The van der Waals surface area contributed by atoms with E-state index in [-0.39, 0.29) is 12.2 Å². The minimum absolute atomic E-state index is 0.170. The molecule has 0 aliphatic rings. The molecule has 0 heterocycles. The second kappa shape index (κ2) is 7.88. The highest BCUT2D eigenvalue weighted by Gasteiger charge is 2.25. The second-order valence-corrected chi connectivity index (χ2v) is 5.92. The highest BCUT2D eigenvalue weighted by Crippen LogP contribution is 2.26. The Morgan fingerprint density at radius 3 is 2.67 bits per heavy atom. The van der Waals surface area contributed by atoms with Crippen LogP contribution in [0, 0.1) is 10.1 Å². The van der Waals surface area contributed by atoms with Gasteiger partial charge in [-0.2, -0.15) is 0 Å². The first kappa shape index (κ1) is 17.3. The number of nitrogens with one attached hydrogen (secondary N) is 2. The Kier molecular flexibility index (Phi) is 6.49. The molecule has 10 heteroatoms. The molecular weight excluding hydrogens is 300 g/mol. The number of rotatable bonds is 9. The van der Waals surface area contributed by atoms with Crippen LogP contribution < -0.4 is 16.0 Å². The van der Waals surface area contributed by atoms with Gasteiger partial charge in [0.25, 0.3) is 5.69 Å². The highest BCUT2D eigenvalue weighted by molar-refractivity contribution is 7.89. The largest absolute Gasteiger partial charge is 0.385 e. The van der Waals surface area contributed by atoms with Gasteiger partial charge in [-0.15, -0.1) is 0 Å². The molecule has 9 nitrogen and oxygen atoms in total. The van der Waals surface area contributed by atoms with Crippen LogP contribution in [0.15, 0.2) is 23.1 Å². The Morgan fingerprint density at radius 2 is 2.10 bits per heavy atom. The van der Waals surface area contributed by atoms with Crippen molar-refractivity contribution in [3.63, 3.8) is 0 Å².